The highest BCUT2D eigenvalue weighted by Gasteiger charge is 1.96. The lowest BCUT2D eigenvalue weighted by atomic mass is 10.7. The Kier molecular flexibility index (Phi) is 4.04. The van der Waals surface area contributed by atoms with Crippen LogP contribution in [0.15, 0.2) is 23.6 Å². The molecule has 1 heterocycles. The lowest BCUT2D eigenvalue weighted by molar-refractivity contribution is 0.195. The number of nitrogens with one attached hydrogen (secondary N) is 1. The van der Waals surface area contributed by atoms with E-state index in [2.05, 4.69) is 15.3 Å². The molecule has 0 unspecified atom stereocenters. The number of hydrogen-bond acceptors (Lipinski definition) is 4. The fraction of sp³-hybridized carbons (Fsp3) is 0.286. The highest BCUT2D eigenvalue weighted by atomic mass is 32.2. The smallest absolute Gasteiger partial charge is 0.404 e. The van der Waals surface area contributed by atoms with Crippen molar-refractivity contribution in [1.29, 1.82) is 0 Å². The minimum atomic E-state index is -1.01. The molecule has 1 aromatic heterocycles. The minimum absolute atomic E-state index is 0.401. The zero-order chi connectivity index (χ0) is 9.52. The molecule has 6 heteroatoms. The van der Waals surface area contributed by atoms with Crippen molar-refractivity contribution in [2.24, 2.45) is 0 Å². The molecular weight excluding hydrogens is 190 g/mol. The molecule has 13 heavy (non-hydrogen) atoms. The maximum absolute atomic E-state index is 10.1. The summed E-state index contributed by atoms with van der Waals surface area (Å²) in [5, 5.41) is 11.2. The lowest BCUT2D eigenvalue weighted by Gasteiger charge is -1.99. The first-order valence-electron chi connectivity index (χ1n) is 3.65. The summed E-state index contributed by atoms with van der Waals surface area (Å²) in [5.41, 5.74) is 0. The van der Waals surface area contributed by atoms with E-state index in [1.165, 1.54) is 11.8 Å². The molecule has 1 aromatic rings. The fourth-order valence-electron chi connectivity index (χ4n) is 0.660. The lowest BCUT2D eigenvalue weighted by Crippen LogP contribution is -2.23. The second-order valence-electron chi connectivity index (χ2n) is 2.11. The molecule has 0 radical (unpaired) electrons. The number of carbonyl (C=O) groups is 1. The zero-order valence-corrected chi connectivity index (χ0v) is 7.62. The average Bonchev–Trinajstić information content (AvgIpc) is 2.14. The van der Waals surface area contributed by atoms with Crippen LogP contribution >= 0.6 is 11.8 Å². The number of hydrogen-bond donors (Lipinski definition) is 2. The molecule has 0 spiro atoms. The van der Waals surface area contributed by atoms with Crippen molar-refractivity contribution in [1.82, 2.24) is 15.3 Å². The van der Waals surface area contributed by atoms with Crippen molar-refractivity contribution >= 4 is 17.9 Å². The quantitative estimate of drug-likeness (QED) is 0.427. The largest absolute Gasteiger partial charge is 0.465 e. The molecule has 2 N–H and O–H groups in total. The number of rotatable bonds is 4. The molecule has 0 bridgehead atoms. The third kappa shape index (κ3) is 4.32. The molecule has 0 aliphatic rings. The van der Waals surface area contributed by atoms with Gasteiger partial charge < -0.3 is 10.4 Å². The van der Waals surface area contributed by atoms with Crippen LogP contribution in [-0.4, -0.2) is 33.5 Å². The average molecular weight is 199 g/mol. The maximum Gasteiger partial charge on any atom is 0.404 e. The summed E-state index contributed by atoms with van der Waals surface area (Å²) in [4.78, 5) is 18.0. The third-order valence-electron chi connectivity index (χ3n) is 1.15. The van der Waals surface area contributed by atoms with E-state index in [4.69, 9.17) is 5.11 Å². The Morgan fingerprint density at radius 3 is 2.85 bits per heavy atom. The molecule has 0 saturated heterocycles. The van der Waals surface area contributed by atoms with E-state index in [9.17, 15) is 4.79 Å². The molecule has 1 amide bonds. The van der Waals surface area contributed by atoms with Gasteiger partial charge in [0.05, 0.1) is 0 Å². The van der Waals surface area contributed by atoms with Crippen LogP contribution in [0.25, 0.3) is 0 Å². The van der Waals surface area contributed by atoms with Crippen molar-refractivity contribution < 1.29 is 9.90 Å². The summed E-state index contributed by atoms with van der Waals surface area (Å²) >= 11 is 1.41. The Balaban J connectivity index is 2.17. The Bertz CT molecular complexity index is 268. The van der Waals surface area contributed by atoms with Crippen LogP contribution in [0.5, 0.6) is 0 Å². The third-order valence-corrected chi connectivity index (χ3v) is 2.03. The summed E-state index contributed by atoms with van der Waals surface area (Å²) in [7, 11) is 0. The zero-order valence-electron chi connectivity index (χ0n) is 6.80. The molecule has 0 saturated carbocycles. The van der Waals surface area contributed by atoms with Crippen LogP contribution in [0, 0.1) is 0 Å². The second-order valence-corrected chi connectivity index (χ2v) is 3.17. The van der Waals surface area contributed by atoms with Crippen LogP contribution < -0.4 is 5.32 Å². The van der Waals surface area contributed by atoms with Gasteiger partial charge in [-0.25, -0.2) is 14.8 Å². The van der Waals surface area contributed by atoms with E-state index in [0.29, 0.717) is 17.5 Å². The molecule has 0 atom stereocenters. The van der Waals surface area contributed by atoms with Crippen LogP contribution in [0.3, 0.4) is 0 Å². The van der Waals surface area contributed by atoms with E-state index in [0.717, 1.165) is 0 Å². The summed E-state index contributed by atoms with van der Waals surface area (Å²) < 4.78 is 0. The Labute approximate surface area is 79.6 Å². The first kappa shape index (κ1) is 9.79. The highest BCUT2D eigenvalue weighted by molar-refractivity contribution is 7.99. The molecule has 0 fully saturated rings. The predicted molar refractivity (Wildman–Crippen MR) is 48.8 cm³/mol. The van der Waals surface area contributed by atoms with Gasteiger partial charge in [-0.15, -0.1) is 0 Å². The van der Waals surface area contributed by atoms with E-state index in [1.54, 1.807) is 18.5 Å². The van der Waals surface area contributed by atoms with Gasteiger partial charge in [0.1, 0.15) is 0 Å². The molecule has 5 nitrogen and oxygen atoms in total. The molecule has 0 aliphatic carbocycles. The Morgan fingerprint density at radius 1 is 1.54 bits per heavy atom. The highest BCUT2D eigenvalue weighted by Crippen LogP contribution is 2.08. The first-order valence-corrected chi connectivity index (χ1v) is 4.64. The summed E-state index contributed by atoms with van der Waals surface area (Å²) in [6.45, 7) is 0.401. The number of amides is 1. The summed E-state index contributed by atoms with van der Waals surface area (Å²) in [5.74, 6) is 0.635. The van der Waals surface area contributed by atoms with Gasteiger partial charge in [0.2, 0.25) is 0 Å². The Morgan fingerprint density at radius 2 is 2.23 bits per heavy atom. The molecule has 1 rings (SSSR count). The van der Waals surface area contributed by atoms with E-state index >= 15 is 0 Å². The van der Waals surface area contributed by atoms with Gasteiger partial charge in [-0.05, 0) is 6.07 Å². The minimum Gasteiger partial charge on any atom is -0.465 e. The van der Waals surface area contributed by atoms with E-state index in [-0.39, 0.29) is 0 Å². The number of aromatic nitrogens is 2. The van der Waals surface area contributed by atoms with E-state index in [1.807, 2.05) is 0 Å². The maximum atomic E-state index is 10.1. The molecule has 0 aromatic carbocycles. The Hall–Kier alpha value is -1.30. The van der Waals surface area contributed by atoms with Gasteiger partial charge in [0.25, 0.3) is 0 Å². The van der Waals surface area contributed by atoms with Crippen LogP contribution in [0.2, 0.25) is 0 Å². The van der Waals surface area contributed by atoms with Gasteiger partial charge in [0, 0.05) is 24.7 Å². The number of nitrogens with zero attached hydrogens (tertiary/aromatic N) is 2. The summed E-state index contributed by atoms with van der Waals surface area (Å²) in [6, 6.07) is 1.74. The topological polar surface area (TPSA) is 75.1 Å². The van der Waals surface area contributed by atoms with Gasteiger partial charge in [0.15, 0.2) is 5.16 Å². The van der Waals surface area contributed by atoms with Crippen LogP contribution in [0.4, 0.5) is 4.79 Å². The van der Waals surface area contributed by atoms with Crippen molar-refractivity contribution in [3.8, 4) is 0 Å². The van der Waals surface area contributed by atoms with Crippen LogP contribution in [-0.2, 0) is 0 Å². The standard InChI is InChI=1S/C7H9N3O2S/c11-7(12)10-4-5-13-6-8-2-1-3-9-6/h1-3,10H,4-5H2,(H,11,12). The first-order chi connectivity index (χ1) is 6.29. The van der Waals surface area contributed by atoms with Gasteiger partial charge >= 0.3 is 6.09 Å². The predicted octanol–water partition coefficient (Wildman–Crippen LogP) is 0.836. The molecule has 70 valence electrons. The number of carboxylic acid groups (broad SMARTS) is 1. The van der Waals surface area contributed by atoms with E-state index < -0.39 is 6.09 Å². The normalized spacial score (nSPS) is 9.54. The van der Waals surface area contributed by atoms with Gasteiger partial charge in [-0.3, -0.25) is 0 Å². The van der Waals surface area contributed by atoms with Gasteiger partial charge in [-0.2, -0.15) is 0 Å². The molecule has 0 aliphatic heterocycles. The SMILES string of the molecule is O=C(O)NCCSc1ncccn1. The summed E-state index contributed by atoms with van der Waals surface area (Å²) in [6.07, 6.45) is 2.30. The van der Waals surface area contributed by atoms with Crippen molar-refractivity contribution in [2.45, 2.75) is 5.16 Å². The van der Waals surface area contributed by atoms with Gasteiger partial charge in [-0.1, -0.05) is 11.8 Å². The second kappa shape index (κ2) is 5.36. The monoisotopic (exact) mass is 199 g/mol. The fourth-order valence-corrected chi connectivity index (χ4v) is 1.32. The van der Waals surface area contributed by atoms with Crippen molar-refractivity contribution in [3.63, 3.8) is 0 Å². The van der Waals surface area contributed by atoms with Crippen molar-refractivity contribution in [2.75, 3.05) is 12.3 Å². The molecular formula is C7H9N3O2S. The van der Waals surface area contributed by atoms with Crippen molar-refractivity contribution in [3.05, 3.63) is 18.5 Å². The van der Waals surface area contributed by atoms with Crippen LogP contribution in [0.1, 0.15) is 0 Å². The number of thioether (sulfide) groups is 1.